The Kier molecular flexibility index (Phi) is 3.79. The summed E-state index contributed by atoms with van der Waals surface area (Å²) in [6.45, 7) is 1.95. The highest BCUT2D eigenvalue weighted by atomic mass is 16.6. The second kappa shape index (κ2) is 5.52. The molecule has 2 rings (SSSR count). The van der Waals surface area contributed by atoms with Gasteiger partial charge < -0.3 is 9.64 Å². The SMILES string of the molecule is Cc1ccc(Oc2ncnc(N(C)C)c2[N+](=O)[O-])cc1. The molecule has 1 aromatic heterocycles. The van der Waals surface area contributed by atoms with Gasteiger partial charge >= 0.3 is 11.6 Å². The molecule has 0 saturated heterocycles. The van der Waals surface area contributed by atoms with E-state index in [0.29, 0.717) is 5.75 Å². The molecule has 0 spiro atoms. The number of ether oxygens (including phenoxy) is 1. The van der Waals surface area contributed by atoms with E-state index in [0.717, 1.165) is 5.56 Å². The van der Waals surface area contributed by atoms with Crippen molar-refractivity contribution >= 4 is 11.5 Å². The van der Waals surface area contributed by atoms with Crippen molar-refractivity contribution in [1.82, 2.24) is 9.97 Å². The fraction of sp³-hybridized carbons (Fsp3) is 0.231. The van der Waals surface area contributed by atoms with E-state index in [2.05, 4.69) is 9.97 Å². The Hall–Kier alpha value is -2.70. The zero-order valence-electron chi connectivity index (χ0n) is 11.4. The van der Waals surface area contributed by atoms with E-state index in [4.69, 9.17) is 4.74 Å². The molecule has 1 aromatic carbocycles. The molecule has 2 aromatic rings. The molecule has 0 aliphatic rings. The third kappa shape index (κ3) is 2.82. The summed E-state index contributed by atoms with van der Waals surface area (Å²) in [5.41, 5.74) is 0.821. The van der Waals surface area contributed by atoms with Gasteiger partial charge in [0, 0.05) is 14.1 Å². The van der Waals surface area contributed by atoms with E-state index in [1.165, 1.54) is 6.33 Å². The van der Waals surface area contributed by atoms with E-state index in [9.17, 15) is 10.1 Å². The standard InChI is InChI=1S/C13H14N4O3/c1-9-4-6-10(7-5-9)20-13-11(17(18)19)12(16(2)3)14-8-15-13/h4-8H,1-3H3. The Balaban J connectivity index is 2.43. The van der Waals surface area contributed by atoms with Gasteiger partial charge in [0.2, 0.25) is 5.82 Å². The molecule has 1 heterocycles. The van der Waals surface area contributed by atoms with Crippen LogP contribution in [-0.4, -0.2) is 29.0 Å². The summed E-state index contributed by atoms with van der Waals surface area (Å²) in [6, 6.07) is 7.18. The number of aromatic nitrogens is 2. The van der Waals surface area contributed by atoms with Crippen molar-refractivity contribution in [2.24, 2.45) is 0 Å². The van der Waals surface area contributed by atoms with Crippen LogP contribution in [0.15, 0.2) is 30.6 Å². The molecule has 0 N–H and O–H groups in total. The molecular weight excluding hydrogens is 260 g/mol. The molecule has 0 fully saturated rings. The fourth-order valence-electron chi connectivity index (χ4n) is 1.63. The van der Waals surface area contributed by atoms with Crippen LogP contribution in [0.2, 0.25) is 0 Å². The predicted octanol–water partition coefficient (Wildman–Crippen LogP) is 2.55. The number of rotatable bonds is 4. The van der Waals surface area contributed by atoms with Gasteiger partial charge in [-0.2, -0.15) is 4.98 Å². The smallest absolute Gasteiger partial charge is 0.373 e. The molecule has 0 radical (unpaired) electrons. The van der Waals surface area contributed by atoms with Crippen LogP contribution in [0.25, 0.3) is 0 Å². The van der Waals surface area contributed by atoms with Crippen LogP contribution >= 0.6 is 0 Å². The highest BCUT2D eigenvalue weighted by Gasteiger charge is 2.26. The van der Waals surface area contributed by atoms with Gasteiger partial charge in [-0.1, -0.05) is 17.7 Å². The normalized spacial score (nSPS) is 10.2. The maximum atomic E-state index is 11.2. The highest BCUT2D eigenvalue weighted by molar-refractivity contribution is 5.62. The van der Waals surface area contributed by atoms with Gasteiger partial charge in [0.25, 0.3) is 0 Å². The lowest BCUT2D eigenvalue weighted by Crippen LogP contribution is -2.14. The summed E-state index contributed by atoms with van der Waals surface area (Å²) >= 11 is 0. The predicted molar refractivity (Wildman–Crippen MR) is 74.3 cm³/mol. The second-order valence-electron chi connectivity index (χ2n) is 4.42. The molecule has 0 aliphatic carbocycles. The molecule has 0 aliphatic heterocycles. The lowest BCUT2D eigenvalue weighted by atomic mass is 10.2. The monoisotopic (exact) mass is 274 g/mol. The maximum absolute atomic E-state index is 11.2. The molecule has 0 amide bonds. The average Bonchev–Trinajstić information content (AvgIpc) is 2.40. The Bertz CT molecular complexity index is 626. The molecule has 20 heavy (non-hydrogen) atoms. The first-order chi connectivity index (χ1) is 9.49. The number of nitrogens with zero attached hydrogens (tertiary/aromatic N) is 4. The van der Waals surface area contributed by atoms with Crippen molar-refractivity contribution in [3.8, 4) is 11.6 Å². The summed E-state index contributed by atoms with van der Waals surface area (Å²) in [7, 11) is 3.34. The summed E-state index contributed by atoms with van der Waals surface area (Å²) in [5.74, 6) is 0.617. The zero-order chi connectivity index (χ0) is 14.7. The summed E-state index contributed by atoms with van der Waals surface area (Å²) < 4.78 is 5.50. The highest BCUT2D eigenvalue weighted by Crippen LogP contribution is 2.34. The number of benzene rings is 1. The van der Waals surface area contributed by atoms with Gasteiger partial charge in [-0.05, 0) is 19.1 Å². The van der Waals surface area contributed by atoms with Gasteiger partial charge in [-0.25, -0.2) is 4.98 Å². The van der Waals surface area contributed by atoms with Gasteiger partial charge in [0.1, 0.15) is 12.1 Å². The number of hydrogen-bond donors (Lipinski definition) is 0. The maximum Gasteiger partial charge on any atom is 0.373 e. The van der Waals surface area contributed by atoms with Crippen molar-refractivity contribution in [2.45, 2.75) is 6.92 Å². The molecule has 7 heteroatoms. The number of anilines is 1. The van der Waals surface area contributed by atoms with Crippen LogP contribution in [0.1, 0.15) is 5.56 Å². The Morgan fingerprint density at radius 1 is 1.20 bits per heavy atom. The van der Waals surface area contributed by atoms with Crippen molar-refractivity contribution < 1.29 is 9.66 Å². The number of aryl methyl sites for hydroxylation is 1. The molecule has 104 valence electrons. The van der Waals surface area contributed by atoms with Crippen LogP contribution in [0.3, 0.4) is 0 Å². The van der Waals surface area contributed by atoms with E-state index < -0.39 is 4.92 Å². The Morgan fingerprint density at radius 3 is 2.40 bits per heavy atom. The van der Waals surface area contributed by atoms with Gasteiger partial charge in [0.15, 0.2) is 0 Å². The van der Waals surface area contributed by atoms with Crippen molar-refractivity contribution in [1.29, 1.82) is 0 Å². The van der Waals surface area contributed by atoms with Crippen LogP contribution in [0.5, 0.6) is 11.6 Å². The quantitative estimate of drug-likeness (QED) is 0.629. The van der Waals surface area contributed by atoms with Crippen molar-refractivity contribution in [2.75, 3.05) is 19.0 Å². The van der Waals surface area contributed by atoms with Crippen molar-refractivity contribution in [3.63, 3.8) is 0 Å². The van der Waals surface area contributed by atoms with E-state index in [1.54, 1.807) is 31.1 Å². The fourth-order valence-corrected chi connectivity index (χ4v) is 1.63. The van der Waals surface area contributed by atoms with Crippen LogP contribution in [0, 0.1) is 17.0 Å². The number of hydrogen-bond acceptors (Lipinski definition) is 6. The summed E-state index contributed by atoms with van der Waals surface area (Å²) in [6.07, 6.45) is 1.24. The summed E-state index contributed by atoms with van der Waals surface area (Å²) in [5, 5.41) is 11.2. The van der Waals surface area contributed by atoms with Gasteiger partial charge in [-0.3, -0.25) is 10.1 Å². The minimum Gasteiger partial charge on any atom is -0.434 e. The zero-order valence-corrected chi connectivity index (χ0v) is 11.4. The lowest BCUT2D eigenvalue weighted by Gasteiger charge is -2.12. The minimum absolute atomic E-state index is 0.0717. The first-order valence-electron chi connectivity index (χ1n) is 5.90. The number of nitro groups is 1. The first-order valence-corrected chi connectivity index (χ1v) is 5.90. The second-order valence-corrected chi connectivity index (χ2v) is 4.42. The Morgan fingerprint density at radius 2 is 1.85 bits per heavy atom. The third-order valence-electron chi connectivity index (χ3n) is 2.61. The average molecular weight is 274 g/mol. The lowest BCUT2D eigenvalue weighted by molar-refractivity contribution is -0.385. The molecule has 0 saturated carbocycles. The van der Waals surface area contributed by atoms with Gasteiger partial charge in [-0.15, -0.1) is 0 Å². The Labute approximate surface area is 116 Å². The molecule has 0 unspecified atom stereocenters. The molecule has 0 atom stereocenters. The van der Waals surface area contributed by atoms with E-state index >= 15 is 0 Å². The van der Waals surface area contributed by atoms with E-state index in [-0.39, 0.29) is 17.4 Å². The largest absolute Gasteiger partial charge is 0.434 e. The summed E-state index contributed by atoms with van der Waals surface area (Å²) in [4.78, 5) is 20.0. The van der Waals surface area contributed by atoms with Gasteiger partial charge in [0.05, 0.1) is 4.92 Å². The van der Waals surface area contributed by atoms with Crippen LogP contribution in [-0.2, 0) is 0 Å². The van der Waals surface area contributed by atoms with E-state index in [1.807, 2.05) is 19.1 Å². The third-order valence-corrected chi connectivity index (χ3v) is 2.61. The topological polar surface area (TPSA) is 81.4 Å². The van der Waals surface area contributed by atoms with Crippen LogP contribution in [0.4, 0.5) is 11.5 Å². The minimum atomic E-state index is -0.543. The molecular formula is C13H14N4O3. The van der Waals surface area contributed by atoms with Crippen LogP contribution < -0.4 is 9.64 Å². The first kappa shape index (κ1) is 13.7. The molecule has 7 nitrogen and oxygen atoms in total. The molecule has 0 bridgehead atoms. The van der Waals surface area contributed by atoms with Crippen molar-refractivity contribution in [3.05, 3.63) is 46.3 Å².